The Bertz CT molecular complexity index is 833. The van der Waals surface area contributed by atoms with Gasteiger partial charge in [-0.3, -0.25) is 9.59 Å². The van der Waals surface area contributed by atoms with Gasteiger partial charge < -0.3 is 0 Å². The molecule has 0 saturated carbocycles. The molecule has 3 rings (SSSR count). The number of rotatable bonds is 2. The lowest BCUT2D eigenvalue weighted by Crippen LogP contribution is -2.28. The molecule has 0 aromatic heterocycles. The molecule has 3 nitrogen and oxygen atoms in total. The number of imide groups is 1. The summed E-state index contributed by atoms with van der Waals surface area (Å²) in [7, 11) is 0. The number of amides is 2. The van der Waals surface area contributed by atoms with Gasteiger partial charge in [0.25, 0.3) is 11.1 Å². The largest absolute Gasteiger partial charge is 0.298 e. The minimum absolute atomic E-state index is 0.0198. The zero-order chi connectivity index (χ0) is 16.6. The van der Waals surface area contributed by atoms with E-state index in [1.165, 1.54) is 18.2 Å². The minimum atomic E-state index is -0.600. The molecule has 1 fully saturated rings. The van der Waals surface area contributed by atoms with Crippen LogP contribution in [0.15, 0.2) is 57.9 Å². The summed E-state index contributed by atoms with van der Waals surface area (Å²) in [5.74, 6) is -1.09. The summed E-state index contributed by atoms with van der Waals surface area (Å²) in [4.78, 5) is 26.0. The van der Waals surface area contributed by atoms with Crippen molar-refractivity contribution in [2.45, 2.75) is 6.92 Å². The van der Waals surface area contributed by atoms with Crippen LogP contribution >= 0.6 is 27.7 Å². The molecule has 0 aliphatic carbocycles. The lowest BCUT2D eigenvalue weighted by atomic mass is 10.1. The number of thioether (sulfide) groups is 1. The van der Waals surface area contributed by atoms with E-state index in [0.717, 1.165) is 26.7 Å². The topological polar surface area (TPSA) is 37.4 Å². The number of carbonyl (C=O) groups is 2. The van der Waals surface area contributed by atoms with Crippen molar-refractivity contribution in [2.24, 2.45) is 0 Å². The van der Waals surface area contributed by atoms with Gasteiger partial charge in [0.2, 0.25) is 0 Å². The highest BCUT2D eigenvalue weighted by atomic mass is 79.9. The van der Waals surface area contributed by atoms with Crippen LogP contribution in [0.3, 0.4) is 0 Å². The standard InChI is InChI=1S/C17H11BrFNO2S/c1-10(11-6-8-12(18)9-7-11)15-16(21)20(17(22)23-15)14-5-3-2-4-13(14)19/h2-9H,1H3/b15-10-. The molecule has 0 N–H and O–H groups in total. The van der Waals surface area contributed by atoms with Crippen LogP contribution < -0.4 is 4.90 Å². The molecule has 1 saturated heterocycles. The van der Waals surface area contributed by atoms with Crippen LogP contribution in [0.4, 0.5) is 14.9 Å². The van der Waals surface area contributed by atoms with E-state index in [4.69, 9.17) is 0 Å². The summed E-state index contributed by atoms with van der Waals surface area (Å²) in [6.07, 6.45) is 0. The fraction of sp³-hybridized carbons (Fsp3) is 0.0588. The number of carbonyl (C=O) groups excluding carboxylic acids is 2. The third-order valence-corrected chi connectivity index (χ3v) is 5.05. The highest BCUT2D eigenvalue weighted by molar-refractivity contribution is 9.10. The van der Waals surface area contributed by atoms with Gasteiger partial charge in [0.05, 0.1) is 10.6 Å². The van der Waals surface area contributed by atoms with Gasteiger partial charge in [0.1, 0.15) is 5.82 Å². The second-order valence-electron chi connectivity index (χ2n) is 4.92. The van der Waals surface area contributed by atoms with Gasteiger partial charge in [0.15, 0.2) is 0 Å². The molecule has 6 heteroatoms. The van der Waals surface area contributed by atoms with Crippen LogP contribution in [-0.4, -0.2) is 11.1 Å². The van der Waals surface area contributed by atoms with Gasteiger partial charge in [-0.1, -0.05) is 40.2 Å². The van der Waals surface area contributed by atoms with Crippen molar-refractivity contribution in [2.75, 3.05) is 4.90 Å². The van der Waals surface area contributed by atoms with Crippen LogP contribution in [0.25, 0.3) is 5.57 Å². The third-order valence-electron chi connectivity index (χ3n) is 3.48. The predicted molar refractivity (Wildman–Crippen MR) is 93.6 cm³/mol. The Morgan fingerprint density at radius 1 is 1.09 bits per heavy atom. The van der Waals surface area contributed by atoms with E-state index in [-0.39, 0.29) is 5.69 Å². The van der Waals surface area contributed by atoms with Gasteiger partial charge >= 0.3 is 0 Å². The molecule has 23 heavy (non-hydrogen) atoms. The number of nitrogens with zero attached hydrogens (tertiary/aromatic N) is 1. The molecule has 1 aliphatic rings. The number of allylic oxidation sites excluding steroid dienone is 1. The summed E-state index contributed by atoms with van der Waals surface area (Å²) in [5.41, 5.74) is 1.51. The van der Waals surface area contributed by atoms with Gasteiger partial charge in [0, 0.05) is 4.47 Å². The number of hydrogen-bond acceptors (Lipinski definition) is 3. The molecule has 1 heterocycles. The first-order chi connectivity index (χ1) is 11.0. The summed E-state index contributed by atoms with van der Waals surface area (Å²) < 4.78 is 14.8. The Balaban J connectivity index is 2.03. The number of benzene rings is 2. The summed E-state index contributed by atoms with van der Waals surface area (Å²) in [6.45, 7) is 1.78. The maximum absolute atomic E-state index is 13.9. The van der Waals surface area contributed by atoms with Crippen molar-refractivity contribution >= 4 is 50.1 Å². The highest BCUT2D eigenvalue weighted by Crippen LogP contribution is 2.39. The Labute approximate surface area is 145 Å². The molecular weight excluding hydrogens is 381 g/mol. The maximum Gasteiger partial charge on any atom is 0.298 e. The fourth-order valence-electron chi connectivity index (χ4n) is 2.27. The zero-order valence-corrected chi connectivity index (χ0v) is 14.4. The van der Waals surface area contributed by atoms with Crippen molar-refractivity contribution < 1.29 is 14.0 Å². The quantitative estimate of drug-likeness (QED) is 0.658. The van der Waals surface area contributed by atoms with Crippen molar-refractivity contribution in [3.05, 3.63) is 69.3 Å². The second-order valence-corrected chi connectivity index (χ2v) is 6.80. The lowest BCUT2D eigenvalue weighted by molar-refractivity contribution is -0.113. The van der Waals surface area contributed by atoms with Gasteiger partial charge in [-0.05, 0) is 54.1 Å². The van der Waals surface area contributed by atoms with E-state index in [0.29, 0.717) is 10.5 Å². The van der Waals surface area contributed by atoms with E-state index < -0.39 is 17.0 Å². The summed E-state index contributed by atoms with van der Waals surface area (Å²) in [5, 5.41) is -0.494. The van der Waals surface area contributed by atoms with E-state index >= 15 is 0 Å². The first kappa shape index (κ1) is 16.0. The van der Waals surface area contributed by atoms with Crippen LogP contribution in [-0.2, 0) is 4.79 Å². The number of hydrogen-bond donors (Lipinski definition) is 0. The van der Waals surface area contributed by atoms with Crippen LogP contribution in [0.2, 0.25) is 0 Å². The molecule has 0 atom stereocenters. The van der Waals surface area contributed by atoms with E-state index in [9.17, 15) is 14.0 Å². The smallest absolute Gasteiger partial charge is 0.268 e. The molecular formula is C17H11BrFNO2S. The third kappa shape index (κ3) is 2.96. The van der Waals surface area contributed by atoms with E-state index in [1.807, 2.05) is 24.3 Å². The predicted octanol–water partition coefficient (Wildman–Crippen LogP) is 5.22. The van der Waals surface area contributed by atoms with Crippen LogP contribution in [0.1, 0.15) is 12.5 Å². The average molecular weight is 392 g/mol. The molecule has 116 valence electrons. The molecule has 2 amide bonds. The van der Waals surface area contributed by atoms with Crippen LogP contribution in [0, 0.1) is 5.82 Å². The van der Waals surface area contributed by atoms with Crippen molar-refractivity contribution in [1.82, 2.24) is 0 Å². The summed E-state index contributed by atoms with van der Waals surface area (Å²) in [6, 6.07) is 13.2. The summed E-state index contributed by atoms with van der Waals surface area (Å²) >= 11 is 4.19. The molecule has 0 unspecified atom stereocenters. The first-order valence-electron chi connectivity index (χ1n) is 6.76. The monoisotopic (exact) mass is 391 g/mol. The second kappa shape index (κ2) is 6.29. The van der Waals surface area contributed by atoms with Gasteiger partial charge in [-0.2, -0.15) is 0 Å². The molecule has 2 aromatic carbocycles. The molecule has 0 radical (unpaired) electrons. The van der Waals surface area contributed by atoms with Crippen molar-refractivity contribution in [3.63, 3.8) is 0 Å². The molecule has 0 bridgehead atoms. The van der Waals surface area contributed by atoms with Gasteiger partial charge in [-0.25, -0.2) is 9.29 Å². The molecule has 2 aromatic rings. The van der Waals surface area contributed by atoms with E-state index in [1.54, 1.807) is 13.0 Å². The number of halogens is 2. The van der Waals surface area contributed by atoms with E-state index in [2.05, 4.69) is 15.9 Å². The van der Waals surface area contributed by atoms with Gasteiger partial charge in [-0.15, -0.1) is 0 Å². The fourth-order valence-corrected chi connectivity index (χ4v) is 3.43. The maximum atomic E-state index is 13.9. The minimum Gasteiger partial charge on any atom is -0.268 e. The normalized spacial score (nSPS) is 16.9. The average Bonchev–Trinajstić information content (AvgIpc) is 2.83. The SMILES string of the molecule is C/C(=C1/SC(=O)N(c2ccccc2F)C1=O)c1ccc(Br)cc1. The Morgan fingerprint density at radius 2 is 1.74 bits per heavy atom. The van der Waals surface area contributed by atoms with Crippen molar-refractivity contribution in [3.8, 4) is 0 Å². The molecule has 0 spiro atoms. The van der Waals surface area contributed by atoms with Crippen LogP contribution in [0.5, 0.6) is 0 Å². The zero-order valence-electron chi connectivity index (χ0n) is 12.0. The Hall–Kier alpha value is -1.92. The molecule has 1 aliphatic heterocycles. The number of para-hydroxylation sites is 1. The van der Waals surface area contributed by atoms with Crippen molar-refractivity contribution in [1.29, 1.82) is 0 Å². The Kier molecular flexibility index (Phi) is 4.37. The first-order valence-corrected chi connectivity index (χ1v) is 8.37. The number of anilines is 1. The lowest BCUT2D eigenvalue weighted by Gasteiger charge is -2.13. The highest BCUT2D eigenvalue weighted by Gasteiger charge is 2.38. The Morgan fingerprint density at radius 3 is 2.39 bits per heavy atom.